The highest BCUT2D eigenvalue weighted by Crippen LogP contribution is 2.46. The van der Waals surface area contributed by atoms with Crippen LogP contribution in [0.1, 0.15) is 23.1 Å². The number of ether oxygens (including phenoxy) is 3. The topological polar surface area (TPSA) is 44.8 Å². The van der Waals surface area contributed by atoms with Crippen molar-refractivity contribution in [3.63, 3.8) is 0 Å². The van der Waals surface area contributed by atoms with Crippen molar-refractivity contribution in [1.29, 1.82) is 0 Å². The molecule has 0 saturated carbocycles. The molecule has 0 saturated heterocycles. The summed E-state index contributed by atoms with van der Waals surface area (Å²) in [6.45, 7) is 0. The second-order valence-corrected chi connectivity index (χ2v) is 4.85. The van der Waals surface area contributed by atoms with Crippen LogP contribution in [-0.2, 0) is 9.53 Å². The Morgan fingerprint density at radius 3 is 2.43 bits per heavy atom. The summed E-state index contributed by atoms with van der Waals surface area (Å²) in [7, 11) is 3.02. The van der Waals surface area contributed by atoms with Crippen LogP contribution in [0.5, 0.6) is 11.5 Å². The average Bonchev–Trinajstić information content (AvgIpc) is 2.93. The number of fused-ring (bicyclic) bond motifs is 1. The maximum Gasteiger partial charge on any atom is 0.317 e. The lowest BCUT2D eigenvalue weighted by atomic mass is 9.91. The third-order valence-corrected chi connectivity index (χ3v) is 3.71. The van der Waals surface area contributed by atoms with Crippen molar-refractivity contribution in [2.24, 2.45) is 0 Å². The van der Waals surface area contributed by atoms with Gasteiger partial charge in [-0.05, 0) is 23.8 Å². The molecule has 4 nitrogen and oxygen atoms in total. The monoisotopic (exact) mass is 284 g/mol. The smallest absolute Gasteiger partial charge is 0.317 e. The summed E-state index contributed by atoms with van der Waals surface area (Å²) in [6, 6.07) is 15.1. The van der Waals surface area contributed by atoms with Crippen LogP contribution in [0.2, 0.25) is 0 Å². The fourth-order valence-electron chi connectivity index (χ4n) is 2.64. The molecule has 1 heterocycles. The van der Waals surface area contributed by atoms with Gasteiger partial charge in [-0.3, -0.25) is 4.79 Å². The quantitative estimate of drug-likeness (QED) is 0.812. The minimum absolute atomic E-state index is 0.291. The van der Waals surface area contributed by atoms with Gasteiger partial charge in [0.1, 0.15) is 23.5 Å². The van der Waals surface area contributed by atoms with Crippen molar-refractivity contribution in [3.8, 4) is 11.5 Å². The van der Waals surface area contributed by atoms with Gasteiger partial charge in [0.05, 0.1) is 14.2 Å². The molecule has 21 heavy (non-hydrogen) atoms. The van der Waals surface area contributed by atoms with Gasteiger partial charge in [-0.2, -0.15) is 0 Å². The summed E-state index contributed by atoms with van der Waals surface area (Å²) in [5.41, 5.74) is 1.78. The zero-order valence-corrected chi connectivity index (χ0v) is 11.9. The second kappa shape index (κ2) is 5.48. The van der Waals surface area contributed by atoms with E-state index in [0.717, 1.165) is 22.6 Å². The molecule has 2 aromatic rings. The Morgan fingerprint density at radius 2 is 1.76 bits per heavy atom. The van der Waals surface area contributed by atoms with Crippen molar-refractivity contribution in [2.45, 2.75) is 12.0 Å². The molecular formula is C17H16O4. The van der Waals surface area contributed by atoms with Crippen LogP contribution < -0.4 is 9.47 Å². The number of carbonyl (C=O) groups excluding carboxylic acids is 1. The van der Waals surface area contributed by atoms with E-state index in [0.29, 0.717) is 0 Å². The molecule has 0 aliphatic carbocycles. The molecule has 0 fully saturated rings. The number of benzene rings is 2. The lowest BCUT2D eigenvalue weighted by molar-refractivity contribution is -0.144. The normalized spacial score (nSPS) is 19.5. The van der Waals surface area contributed by atoms with Crippen molar-refractivity contribution in [2.75, 3.05) is 14.2 Å². The first-order valence-corrected chi connectivity index (χ1v) is 6.72. The summed E-state index contributed by atoms with van der Waals surface area (Å²) in [4.78, 5) is 12.2. The summed E-state index contributed by atoms with van der Waals surface area (Å²) in [6.07, 6.45) is -0.374. The van der Waals surface area contributed by atoms with Crippen molar-refractivity contribution in [3.05, 3.63) is 59.7 Å². The van der Waals surface area contributed by atoms with Crippen LogP contribution in [0.4, 0.5) is 0 Å². The first kappa shape index (κ1) is 13.5. The maximum atomic E-state index is 12.2. The Balaban J connectivity index is 1.99. The molecule has 0 bridgehead atoms. The van der Waals surface area contributed by atoms with Gasteiger partial charge in [-0.25, -0.2) is 0 Å². The van der Waals surface area contributed by atoms with Crippen LogP contribution in [0, 0.1) is 0 Å². The van der Waals surface area contributed by atoms with E-state index in [4.69, 9.17) is 14.2 Å². The molecule has 1 aliphatic heterocycles. The zero-order valence-electron chi connectivity index (χ0n) is 11.9. The summed E-state index contributed by atoms with van der Waals surface area (Å²) in [5, 5.41) is 0. The van der Waals surface area contributed by atoms with E-state index in [9.17, 15) is 4.79 Å². The van der Waals surface area contributed by atoms with Crippen LogP contribution >= 0.6 is 0 Å². The second-order valence-electron chi connectivity index (χ2n) is 4.85. The first-order valence-electron chi connectivity index (χ1n) is 6.72. The summed E-state index contributed by atoms with van der Waals surface area (Å²) in [5.74, 6) is 0.762. The van der Waals surface area contributed by atoms with Gasteiger partial charge in [0.2, 0.25) is 0 Å². The van der Waals surface area contributed by atoms with Gasteiger partial charge in [0, 0.05) is 5.56 Å². The fourth-order valence-corrected chi connectivity index (χ4v) is 2.64. The van der Waals surface area contributed by atoms with E-state index in [1.165, 1.54) is 7.11 Å². The molecule has 0 N–H and O–H groups in total. The van der Waals surface area contributed by atoms with E-state index < -0.39 is 5.92 Å². The Bertz CT molecular complexity index is 648. The highest BCUT2D eigenvalue weighted by Gasteiger charge is 2.41. The number of hydrogen-bond acceptors (Lipinski definition) is 4. The Hall–Kier alpha value is -2.49. The average molecular weight is 284 g/mol. The Labute approximate surface area is 123 Å². The van der Waals surface area contributed by atoms with E-state index in [2.05, 4.69) is 0 Å². The van der Waals surface area contributed by atoms with Crippen molar-refractivity contribution < 1.29 is 19.0 Å². The molecule has 3 rings (SSSR count). The van der Waals surface area contributed by atoms with E-state index in [-0.39, 0.29) is 12.1 Å². The molecule has 0 aromatic heterocycles. The van der Waals surface area contributed by atoms with Crippen LogP contribution in [0.15, 0.2) is 48.5 Å². The van der Waals surface area contributed by atoms with Gasteiger partial charge >= 0.3 is 5.97 Å². The standard InChI is InChI=1S/C17H16O4/c1-19-12-9-7-11(8-10-12)16-15(17(18)20-2)13-5-3-4-6-14(13)21-16/h3-10,15-16H,1-2H3/t15-,16-/m1/s1. The van der Waals surface area contributed by atoms with Crippen LogP contribution in [-0.4, -0.2) is 20.2 Å². The summed E-state index contributed by atoms with van der Waals surface area (Å²) < 4.78 is 16.1. The molecule has 0 radical (unpaired) electrons. The third-order valence-electron chi connectivity index (χ3n) is 3.71. The van der Waals surface area contributed by atoms with Crippen molar-refractivity contribution in [1.82, 2.24) is 0 Å². The minimum Gasteiger partial charge on any atom is -0.497 e. The molecule has 4 heteroatoms. The molecule has 0 unspecified atom stereocenters. The van der Waals surface area contributed by atoms with E-state index >= 15 is 0 Å². The molecule has 2 aromatic carbocycles. The Kier molecular flexibility index (Phi) is 3.52. The van der Waals surface area contributed by atoms with Crippen LogP contribution in [0.25, 0.3) is 0 Å². The number of rotatable bonds is 3. The number of hydrogen-bond donors (Lipinski definition) is 0. The number of para-hydroxylation sites is 1. The number of methoxy groups -OCH3 is 2. The molecule has 0 spiro atoms. The maximum absolute atomic E-state index is 12.2. The minimum atomic E-state index is -0.445. The molecule has 108 valence electrons. The lowest BCUT2D eigenvalue weighted by Crippen LogP contribution is -2.20. The van der Waals surface area contributed by atoms with Gasteiger partial charge in [0.15, 0.2) is 0 Å². The van der Waals surface area contributed by atoms with Crippen molar-refractivity contribution >= 4 is 5.97 Å². The molecule has 1 aliphatic rings. The zero-order chi connectivity index (χ0) is 14.8. The molecular weight excluding hydrogens is 268 g/mol. The van der Waals surface area contributed by atoms with Gasteiger partial charge in [-0.1, -0.05) is 30.3 Å². The van der Waals surface area contributed by atoms with Gasteiger partial charge in [-0.15, -0.1) is 0 Å². The lowest BCUT2D eigenvalue weighted by Gasteiger charge is -2.17. The fraction of sp³-hybridized carbons (Fsp3) is 0.235. The molecule has 0 amide bonds. The number of carbonyl (C=O) groups is 1. The van der Waals surface area contributed by atoms with Gasteiger partial charge < -0.3 is 14.2 Å². The third kappa shape index (κ3) is 2.33. The largest absolute Gasteiger partial charge is 0.497 e. The van der Waals surface area contributed by atoms with Gasteiger partial charge in [0.25, 0.3) is 0 Å². The summed E-state index contributed by atoms with van der Waals surface area (Å²) >= 11 is 0. The van der Waals surface area contributed by atoms with E-state index in [1.807, 2.05) is 48.5 Å². The first-order chi connectivity index (χ1) is 10.2. The SMILES string of the molecule is COC(=O)[C@@H]1c2ccccc2O[C@@H]1c1ccc(OC)cc1. The highest BCUT2D eigenvalue weighted by atomic mass is 16.5. The highest BCUT2D eigenvalue weighted by molar-refractivity contribution is 5.81. The molecule has 2 atom stereocenters. The van der Waals surface area contributed by atoms with E-state index in [1.54, 1.807) is 7.11 Å². The van der Waals surface area contributed by atoms with Crippen LogP contribution in [0.3, 0.4) is 0 Å². The predicted octanol–water partition coefficient (Wildman–Crippen LogP) is 3.09. The predicted molar refractivity (Wildman–Crippen MR) is 77.6 cm³/mol. The Morgan fingerprint density at radius 1 is 1.05 bits per heavy atom. The number of esters is 1.